The second-order valence-electron chi connectivity index (χ2n) is 5.25. The normalized spacial score (nSPS) is 28.6. The Bertz CT molecular complexity index is 331. The average Bonchev–Trinajstić information content (AvgIpc) is 2.82. The highest BCUT2D eigenvalue weighted by Crippen LogP contribution is 2.16. The Morgan fingerprint density at radius 2 is 2.00 bits per heavy atom. The highest BCUT2D eigenvalue weighted by molar-refractivity contribution is 7.90. The molecule has 2 aliphatic rings. The zero-order valence-electron chi connectivity index (χ0n) is 10.5. The van der Waals surface area contributed by atoms with E-state index in [2.05, 4.69) is 22.0 Å². The van der Waals surface area contributed by atoms with Crippen LogP contribution in [0.3, 0.4) is 0 Å². The van der Waals surface area contributed by atoms with Gasteiger partial charge in [-0.3, -0.25) is 0 Å². The first-order valence-corrected chi connectivity index (χ1v) is 8.00. The molecule has 1 unspecified atom stereocenters. The molecule has 0 radical (unpaired) electrons. The van der Waals surface area contributed by atoms with Crippen molar-refractivity contribution in [3.63, 3.8) is 0 Å². The van der Waals surface area contributed by atoms with E-state index in [9.17, 15) is 8.42 Å². The lowest BCUT2D eigenvalue weighted by atomic mass is 9.98. The molecule has 0 aliphatic carbocycles. The summed E-state index contributed by atoms with van der Waals surface area (Å²) < 4.78 is 26.8. The summed E-state index contributed by atoms with van der Waals surface area (Å²) in [4.78, 5) is 2.30. The molecule has 17 heavy (non-hydrogen) atoms. The summed E-state index contributed by atoms with van der Waals surface area (Å²) in [6.45, 7) is 4.20. The predicted molar refractivity (Wildman–Crippen MR) is 68.4 cm³/mol. The number of hydrogen-bond donors (Lipinski definition) is 2. The van der Waals surface area contributed by atoms with Gasteiger partial charge in [0.2, 0.25) is 10.0 Å². The average molecular weight is 261 g/mol. The molecule has 2 saturated heterocycles. The van der Waals surface area contributed by atoms with Crippen LogP contribution in [0.5, 0.6) is 0 Å². The number of sulfonamides is 1. The van der Waals surface area contributed by atoms with Crippen molar-refractivity contribution in [2.24, 2.45) is 5.92 Å². The molecule has 2 fully saturated rings. The number of hydrogen-bond acceptors (Lipinski definition) is 4. The van der Waals surface area contributed by atoms with Gasteiger partial charge in [-0.15, -0.1) is 0 Å². The van der Waals surface area contributed by atoms with Crippen molar-refractivity contribution < 1.29 is 8.42 Å². The molecule has 100 valence electrons. The van der Waals surface area contributed by atoms with E-state index in [0.717, 1.165) is 38.9 Å². The quantitative estimate of drug-likeness (QED) is 0.723. The van der Waals surface area contributed by atoms with Crippen LogP contribution in [0.1, 0.15) is 19.3 Å². The zero-order valence-corrected chi connectivity index (χ0v) is 11.3. The van der Waals surface area contributed by atoms with Gasteiger partial charge in [-0.05, 0) is 51.9 Å². The maximum absolute atomic E-state index is 12.0. The third-order valence-electron chi connectivity index (χ3n) is 3.87. The van der Waals surface area contributed by atoms with Crippen LogP contribution < -0.4 is 10.0 Å². The first-order chi connectivity index (χ1) is 8.08. The molecule has 0 saturated carbocycles. The second-order valence-corrected chi connectivity index (χ2v) is 7.30. The molecule has 0 bridgehead atoms. The Balaban J connectivity index is 1.77. The van der Waals surface area contributed by atoms with Crippen LogP contribution in [0.25, 0.3) is 0 Å². The van der Waals surface area contributed by atoms with Crippen molar-refractivity contribution in [3.8, 4) is 0 Å². The van der Waals surface area contributed by atoms with Crippen molar-refractivity contribution in [2.75, 3.05) is 39.8 Å². The lowest BCUT2D eigenvalue weighted by Gasteiger charge is -2.29. The van der Waals surface area contributed by atoms with Crippen molar-refractivity contribution in [1.29, 1.82) is 0 Å². The van der Waals surface area contributed by atoms with E-state index in [1.807, 2.05) is 0 Å². The molecule has 0 aromatic rings. The number of likely N-dealkylation sites (tertiary alicyclic amines) is 1. The van der Waals surface area contributed by atoms with Crippen molar-refractivity contribution >= 4 is 10.0 Å². The van der Waals surface area contributed by atoms with Gasteiger partial charge in [0.15, 0.2) is 0 Å². The number of rotatable bonds is 4. The highest BCUT2D eigenvalue weighted by atomic mass is 32.2. The third kappa shape index (κ3) is 3.64. The van der Waals surface area contributed by atoms with Crippen LogP contribution in [0.15, 0.2) is 0 Å². The van der Waals surface area contributed by atoms with Crippen LogP contribution in [-0.4, -0.2) is 58.3 Å². The molecular weight excluding hydrogens is 238 g/mol. The van der Waals surface area contributed by atoms with Gasteiger partial charge in [-0.25, -0.2) is 13.1 Å². The summed E-state index contributed by atoms with van der Waals surface area (Å²) in [5.74, 6) is 0.510. The minimum absolute atomic E-state index is 0.228. The summed E-state index contributed by atoms with van der Waals surface area (Å²) in [6, 6.07) is 0. The molecule has 0 amide bonds. The fraction of sp³-hybridized carbons (Fsp3) is 1.00. The first-order valence-electron chi connectivity index (χ1n) is 6.45. The van der Waals surface area contributed by atoms with E-state index in [1.54, 1.807) is 0 Å². The maximum atomic E-state index is 12.0. The van der Waals surface area contributed by atoms with Gasteiger partial charge in [-0.1, -0.05) is 0 Å². The molecule has 2 rings (SSSR count). The first kappa shape index (κ1) is 13.3. The number of nitrogens with zero attached hydrogens (tertiary/aromatic N) is 1. The Labute approximate surface area is 104 Å². The van der Waals surface area contributed by atoms with Crippen LogP contribution in [0.2, 0.25) is 0 Å². The Morgan fingerprint density at radius 3 is 2.59 bits per heavy atom. The smallest absolute Gasteiger partial charge is 0.215 e. The minimum atomic E-state index is -3.10. The predicted octanol–water partition coefficient (Wildman–Crippen LogP) is -0.390. The molecule has 5 nitrogen and oxygen atoms in total. The van der Waals surface area contributed by atoms with Gasteiger partial charge in [-0.2, -0.15) is 0 Å². The zero-order chi connectivity index (χ0) is 12.3. The lowest BCUT2D eigenvalue weighted by molar-refractivity contribution is 0.220. The van der Waals surface area contributed by atoms with Crippen molar-refractivity contribution in [3.05, 3.63) is 0 Å². The Hall–Kier alpha value is -0.170. The molecule has 2 heterocycles. The standard InChI is InChI=1S/C11H23N3O2S/c1-14-6-3-10(4-7-14)8-13-17(15,16)11-2-5-12-9-11/h10-13H,2-9H2,1H3. The van der Waals surface area contributed by atoms with Gasteiger partial charge in [0, 0.05) is 13.1 Å². The molecule has 6 heteroatoms. The van der Waals surface area contributed by atoms with E-state index in [0.29, 0.717) is 19.0 Å². The Morgan fingerprint density at radius 1 is 1.29 bits per heavy atom. The van der Waals surface area contributed by atoms with Crippen LogP contribution >= 0.6 is 0 Å². The highest BCUT2D eigenvalue weighted by Gasteiger charge is 2.29. The monoisotopic (exact) mass is 261 g/mol. The number of piperidine rings is 1. The molecular formula is C11H23N3O2S. The number of nitrogens with one attached hydrogen (secondary N) is 2. The molecule has 2 N–H and O–H groups in total. The van der Waals surface area contributed by atoms with Crippen LogP contribution in [0, 0.1) is 5.92 Å². The largest absolute Gasteiger partial charge is 0.315 e. The van der Waals surface area contributed by atoms with E-state index in [-0.39, 0.29) is 5.25 Å². The minimum Gasteiger partial charge on any atom is -0.315 e. The summed E-state index contributed by atoms with van der Waals surface area (Å²) in [5, 5.41) is 2.87. The third-order valence-corrected chi connectivity index (χ3v) is 5.71. The summed E-state index contributed by atoms with van der Waals surface area (Å²) >= 11 is 0. The maximum Gasteiger partial charge on any atom is 0.215 e. The van der Waals surface area contributed by atoms with E-state index in [4.69, 9.17) is 0 Å². The van der Waals surface area contributed by atoms with Crippen LogP contribution in [0.4, 0.5) is 0 Å². The molecule has 2 aliphatic heterocycles. The molecule has 0 spiro atoms. The molecule has 0 aromatic heterocycles. The fourth-order valence-electron chi connectivity index (χ4n) is 2.51. The van der Waals surface area contributed by atoms with E-state index in [1.165, 1.54) is 0 Å². The van der Waals surface area contributed by atoms with Gasteiger partial charge >= 0.3 is 0 Å². The second kappa shape index (κ2) is 5.65. The topological polar surface area (TPSA) is 61.4 Å². The van der Waals surface area contributed by atoms with Gasteiger partial charge < -0.3 is 10.2 Å². The SMILES string of the molecule is CN1CCC(CNS(=O)(=O)C2CCNC2)CC1. The van der Waals surface area contributed by atoms with Gasteiger partial charge in [0.05, 0.1) is 5.25 Å². The summed E-state index contributed by atoms with van der Waals surface area (Å²) in [6.07, 6.45) is 2.94. The molecule has 0 aromatic carbocycles. The van der Waals surface area contributed by atoms with Gasteiger partial charge in [0.1, 0.15) is 0 Å². The summed E-state index contributed by atoms with van der Waals surface area (Å²) in [5.41, 5.74) is 0. The van der Waals surface area contributed by atoms with Crippen molar-refractivity contribution in [2.45, 2.75) is 24.5 Å². The van der Waals surface area contributed by atoms with Gasteiger partial charge in [0.25, 0.3) is 0 Å². The fourth-order valence-corrected chi connectivity index (χ4v) is 3.98. The van der Waals surface area contributed by atoms with E-state index >= 15 is 0 Å². The van der Waals surface area contributed by atoms with Crippen LogP contribution in [-0.2, 0) is 10.0 Å². The lowest BCUT2D eigenvalue weighted by Crippen LogP contribution is -2.41. The Kier molecular flexibility index (Phi) is 4.41. The van der Waals surface area contributed by atoms with Crippen molar-refractivity contribution in [1.82, 2.24) is 14.9 Å². The van der Waals surface area contributed by atoms with E-state index < -0.39 is 10.0 Å². The summed E-state index contributed by atoms with van der Waals surface area (Å²) in [7, 11) is -0.983. The molecule has 1 atom stereocenters.